The Hall–Kier alpha value is -1.92. The molecule has 2 rings (SSSR count). The fourth-order valence-electron chi connectivity index (χ4n) is 1.72. The molecule has 0 spiro atoms. The normalized spacial score (nSPS) is 13.0. The summed E-state index contributed by atoms with van der Waals surface area (Å²) in [4.78, 5) is 16.1. The van der Waals surface area contributed by atoms with Gasteiger partial charge in [-0.25, -0.2) is 0 Å². The minimum atomic E-state index is -1.30. The standard InChI is InChI=1S/C15H18ClN3O3/c1-15(2,3)14-18-11(22-19-14)8-17-13(21)12(20)9-5-4-6-10(16)7-9/h4-7,12,20H,8H2,1-3H3,(H,17,21)/t12-/m0/s1. The average molecular weight is 324 g/mol. The van der Waals surface area contributed by atoms with Crippen LogP contribution in [0.15, 0.2) is 28.8 Å². The minimum absolute atomic E-state index is 0.0551. The Kier molecular flexibility index (Phi) is 4.83. The second-order valence-electron chi connectivity index (χ2n) is 5.94. The molecule has 118 valence electrons. The Morgan fingerprint density at radius 1 is 1.45 bits per heavy atom. The van der Waals surface area contributed by atoms with E-state index in [0.717, 1.165) is 0 Å². The summed E-state index contributed by atoms with van der Waals surface area (Å²) in [6, 6.07) is 6.50. The zero-order valence-electron chi connectivity index (χ0n) is 12.6. The zero-order valence-corrected chi connectivity index (χ0v) is 13.4. The molecule has 0 aliphatic heterocycles. The fourth-order valence-corrected chi connectivity index (χ4v) is 1.92. The molecule has 1 heterocycles. The molecule has 0 radical (unpaired) electrons. The van der Waals surface area contributed by atoms with Crippen molar-refractivity contribution in [2.45, 2.75) is 38.8 Å². The number of halogens is 1. The number of benzene rings is 1. The van der Waals surface area contributed by atoms with Crippen molar-refractivity contribution >= 4 is 17.5 Å². The summed E-state index contributed by atoms with van der Waals surface area (Å²) < 4.78 is 5.07. The molecule has 1 atom stereocenters. The highest BCUT2D eigenvalue weighted by Gasteiger charge is 2.22. The highest BCUT2D eigenvalue weighted by atomic mass is 35.5. The lowest BCUT2D eigenvalue weighted by molar-refractivity contribution is -0.129. The van der Waals surface area contributed by atoms with Gasteiger partial charge in [0.2, 0.25) is 5.89 Å². The SMILES string of the molecule is CC(C)(C)c1noc(CNC(=O)[C@@H](O)c2cccc(Cl)c2)n1. The van der Waals surface area contributed by atoms with Gasteiger partial charge in [-0.1, -0.05) is 49.7 Å². The number of nitrogens with zero attached hydrogens (tertiary/aromatic N) is 2. The van der Waals surface area contributed by atoms with Gasteiger partial charge in [0.25, 0.3) is 5.91 Å². The smallest absolute Gasteiger partial charge is 0.253 e. The number of rotatable bonds is 4. The molecule has 0 saturated carbocycles. The summed E-state index contributed by atoms with van der Waals surface area (Å²) in [6.45, 7) is 5.94. The first-order chi connectivity index (χ1) is 10.3. The molecule has 0 saturated heterocycles. The Morgan fingerprint density at radius 2 is 2.18 bits per heavy atom. The first-order valence-electron chi connectivity index (χ1n) is 6.81. The maximum Gasteiger partial charge on any atom is 0.253 e. The summed E-state index contributed by atoms with van der Waals surface area (Å²) >= 11 is 5.84. The number of nitrogens with one attached hydrogen (secondary N) is 1. The number of aromatic nitrogens is 2. The lowest BCUT2D eigenvalue weighted by Crippen LogP contribution is -2.29. The molecule has 0 aliphatic rings. The minimum Gasteiger partial charge on any atom is -0.378 e. The van der Waals surface area contributed by atoms with Gasteiger partial charge in [-0.2, -0.15) is 4.98 Å². The van der Waals surface area contributed by atoms with Gasteiger partial charge in [0, 0.05) is 10.4 Å². The van der Waals surface area contributed by atoms with Gasteiger partial charge < -0.3 is 14.9 Å². The van der Waals surface area contributed by atoms with E-state index in [1.54, 1.807) is 18.2 Å². The van der Waals surface area contributed by atoms with E-state index >= 15 is 0 Å². The summed E-state index contributed by atoms with van der Waals surface area (Å²) in [5, 5.41) is 16.9. The van der Waals surface area contributed by atoms with Crippen LogP contribution >= 0.6 is 11.6 Å². The number of aliphatic hydroxyl groups excluding tert-OH is 1. The van der Waals surface area contributed by atoms with Crippen molar-refractivity contribution in [2.75, 3.05) is 0 Å². The summed E-state index contributed by atoms with van der Waals surface area (Å²) in [5.74, 6) is 0.293. The first-order valence-corrected chi connectivity index (χ1v) is 7.19. The van der Waals surface area contributed by atoms with Crippen LogP contribution in [-0.2, 0) is 16.8 Å². The van der Waals surface area contributed by atoms with E-state index in [1.165, 1.54) is 6.07 Å². The van der Waals surface area contributed by atoms with Crippen LogP contribution in [0.5, 0.6) is 0 Å². The van der Waals surface area contributed by atoms with Gasteiger partial charge in [0.15, 0.2) is 11.9 Å². The quantitative estimate of drug-likeness (QED) is 0.901. The highest BCUT2D eigenvalue weighted by Crippen LogP contribution is 2.19. The van der Waals surface area contributed by atoms with Crippen LogP contribution in [0.3, 0.4) is 0 Å². The number of carbonyl (C=O) groups is 1. The molecule has 0 unspecified atom stereocenters. The molecule has 6 nitrogen and oxygen atoms in total. The van der Waals surface area contributed by atoms with Crippen molar-refractivity contribution in [1.82, 2.24) is 15.5 Å². The molecule has 22 heavy (non-hydrogen) atoms. The van der Waals surface area contributed by atoms with Crippen LogP contribution in [0.25, 0.3) is 0 Å². The predicted octanol–water partition coefficient (Wildman–Crippen LogP) is 2.37. The van der Waals surface area contributed by atoms with Crippen molar-refractivity contribution < 1.29 is 14.4 Å². The van der Waals surface area contributed by atoms with Gasteiger partial charge >= 0.3 is 0 Å². The maximum atomic E-state index is 11.9. The topological polar surface area (TPSA) is 88.2 Å². The molecular formula is C15H18ClN3O3. The van der Waals surface area contributed by atoms with Crippen molar-refractivity contribution in [1.29, 1.82) is 0 Å². The van der Waals surface area contributed by atoms with Crippen LogP contribution in [0, 0.1) is 0 Å². The van der Waals surface area contributed by atoms with E-state index in [-0.39, 0.29) is 17.9 Å². The molecule has 0 fully saturated rings. The van der Waals surface area contributed by atoms with Crippen LogP contribution in [0.2, 0.25) is 5.02 Å². The highest BCUT2D eigenvalue weighted by molar-refractivity contribution is 6.30. The average Bonchev–Trinajstić information content (AvgIpc) is 2.93. The Morgan fingerprint density at radius 3 is 2.77 bits per heavy atom. The molecular weight excluding hydrogens is 306 g/mol. The van der Waals surface area contributed by atoms with Crippen molar-refractivity contribution in [2.24, 2.45) is 0 Å². The van der Waals surface area contributed by atoms with E-state index < -0.39 is 12.0 Å². The monoisotopic (exact) mass is 323 g/mol. The Labute approximate surface area is 133 Å². The fraction of sp³-hybridized carbons (Fsp3) is 0.400. The van der Waals surface area contributed by atoms with Gasteiger partial charge in [0.05, 0.1) is 6.54 Å². The number of hydrogen-bond acceptors (Lipinski definition) is 5. The molecule has 7 heteroatoms. The second-order valence-corrected chi connectivity index (χ2v) is 6.37. The van der Waals surface area contributed by atoms with E-state index in [4.69, 9.17) is 16.1 Å². The summed E-state index contributed by atoms with van der Waals surface area (Å²) in [5.41, 5.74) is 0.192. The van der Waals surface area contributed by atoms with Crippen LogP contribution in [0.1, 0.15) is 44.2 Å². The largest absolute Gasteiger partial charge is 0.378 e. The van der Waals surface area contributed by atoms with E-state index in [1.807, 2.05) is 20.8 Å². The lowest BCUT2D eigenvalue weighted by Gasteiger charge is -2.11. The lowest BCUT2D eigenvalue weighted by atomic mass is 9.96. The van der Waals surface area contributed by atoms with E-state index in [9.17, 15) is 9.90 Å². The molecule has 1 aromatic carbocycles. The Balaban J connectivity index is 1.96. The second kappa shape index (κ2) is 6.46. The van der Waals surface area contributed by atoms with Crippen molar-refractivity contribution in [3.63, 3.8) is 0 Å². The van der Waals surface area contributed by atoms with Crippen LogP contribution in [-0.4, -0.2) is 21.2 Å². The molecule has 2 N–H and O–H groups in total. The zero-order chi connectivity index (χ0) is 16.3. The van der Waals surface area contributed by atoms with Gasteiger partial charge in [0.1, 0.15) is 0 Å². The number of amides is 1. The number of aliphatic hydroxyl groups is 1. The number of carbonyl (C=O) groups excluding carboxylic acids is 1. The van der Waals surface area contributed by atoms with E-state index in [0.29, 0.717) is 16.4 Å². The van der Waals surface area contributed by atoms with Crippen molar-refractivity contribution in [3.05, 3.63) is 46.6 Å². The predicted molar refractivity (Wildman–Crippen MR) is 81.3 cm³/mol. The van der Waals surface area contributed by atoms with Gasteiger partial charge in [-0.15, -0.1) is 0 Å². The molecule has 1 amide bonds. The Bertz CT molecular complexity index is 664. The molecule has 2 aromatic rings. The number of hydrogen-bond donors (Lipinski definition) is 2. The van der Waals surface area contributed by atoms with Crippen LogP contribution < -0.4 is 5.32 Å². The molecule has 0 aliphatic carbocycles. The van der Waals surface area contributed by atoms with Crippen molar-refractivity contribution in [3.8, 4) is 0 Å². The summed E-state index contributed by atoms with van der Waals surface area (Å²) in [6.07, 6.45) is -1.30. The molecule has 1 aromatic heterocycles. The molecule has 0 bridgehead atoms. The first kappa shape index (κ1) is 16.5. The van der Waals surface area contributed by atoms with Gasteiger partial charge in [-0.05, 0) is 17.7 Å². The third-order valence-electron chi connectivity index (χ3n) is 2.97. The summed E-state index contributed by atoms with van der Waals surface area (Å²) in [7, 11) is 0. The maximum absolute atomic E-state index is 11.9. The third-order valence-corrected chi connectivity index (χ3v) is 3.20. The van der Waals surface area contributed by atoms with Gasteiger partial charge in [-0.3, -0.25) is 4.79 Å². The third kappa shape index (κ3) is 4.05. The van der Waals surface area contributed by atoms with E-state index in [2.05, 4.69) is 15.5 Å². The van der Waals surface area contributed by atoms with Crippen LogP contribution in [0.4, 0.5) is 0 Å².